The van der Waals surface area contributed by atoms with Gasteiger partial charge in [0.15, 0.2) is 4.67 Å². The number of hydrogen-bond donors (Lipinski definition) is 2. The average Bonchev–Trinajstić information content (AvgIpc) is 2.71. The maximum Gasteiger partial charge on any atom is 0.371 e. The number of carboxylic acids is 1. The van der Waals surface area contributed by atoms with Crippen molar-refractivity contribution in [3.8, 4) is 0 Å². The predicted octanol–water partition coefficient (Wildman–Crippen LogP) is 1.61. The molecule has 0 aromatic carbocycles. The largest absolute Gasteiger partial charge is 0.475 e. The Morgan fingerprint density at radius 3 is 2.75 bits per heavy atom. The molecule has 0 amide bonds. The fourth-order valence-electron chi connectivity index (χ4n) is 1.21. The molecule has 9 heteroatoms. The van der Waals surface area contributed by atoms with E-state index in [0.29, 0.717) is 6.61 Å². The number of furan rings is 1. The van der Waals surface area contributed by atoms with Crippen LogP contribution in [0.1, 0.15) is 17.5 Å². The number of nitrogens with one attached hydrogen (secondary N) is 1. The van der Waals surface area contributed by atoms with E-state index in [2.05, 4.69) is 27.2 Å². The summed E-state index contributed by atoms with van der Waals surface area (Å²) in [7, 11) is -3.86. The van der Waals surface area contributed by atoms with Crippen molar-refractivity contribution < 1.29 is 27.5 Å². The summed E-state index contributed by atoms with van der Waals surface area (Å²) in [6.07, 6.45) is 0. The molecule has 20 heavy (non-hydrogen) atoms. The van der Waals surface area contributed by atoms with Gasteiger partial charge in [0.1, 0.15) is 4.90 Å². The minimum atomic E-state index is -3.86. The second-order valence-corrected chi connectivity index (χ2v) is 6.42. The first-order valence-corrected chi connectivity index (χ1v) is 7.76. The lowest BCUT2D eigenvalue weighted by molar-refractivity contribution is 0.0661. The van der Waals surface area contributed by atoms with Crippen LogP contribution in [0, 0.1) is 0 Å². The van der Waals surface area contributed by atoms with E-state index < -0.39 is 21.8 Å². The quantitative estimate of drug-likeness (QED) is 0.534. The zero-order valence-corrected chi connectivity index (χ0v) is 13.1. The first kappa shape index (κ1) is 16.9. The van der Waals surface area contributed by atoms with Gasteiger partial charge in [-0.15, -0.1) is 0 Å². The fourth-order valence-corrected chi connectivity index (χ4v) is 3.16. The maximum absolute atomic E-state index is 11.9. The van der Waals surface area contributed by atoms with Crippen LogP contribution >= 0.6 is 15.9 Å². The lowest BCUT2D eigenvalue weighted by atomic mass is 10.4. The van der Waals surface area contributed by atoms with Crippen LogP contribution in [0.5, 0.6) is 0 Å². The molecule has 0 fully saturated rings. The van der Waals surface area contributed by atoms with Crippen molar-refractivity contribution >= 4 is 31.9 Å². The Morgan fingerprint density at radius 1 is 1.60 bits per heavy atom. The third kappa shape index (κ3) is 4.75. The number of carboxylic acid groups (broad SMARTS) is 1. The van der Waals surface area contributed by atoms with Crippen molar-refractivity contribution in [2.75, 3.05) is 19.8 Å². The maximum atomic E-state index is 11.9. The smallest absolute Gasteiger partial charge is 0.371 e. The number of aromatic carboxylic acids is 1. The highest BCUT2D eigenvalue weighted by atomic mass is 79.9. The highest BCUT2D eigenvalue weighted by Crippen LogP contribution is 2.25. The Balaban J connectivity index is 2.65. The normalized spacial score (nSPS) is 11.5. The molecule has 0 bridgehead atoms. The van der Waals surface area contributed by atoms with Crippen molar-refractivity contribution in [3.63, 3.8) is 0 Å². The zero-order chi connectivity index (χ0) is 15.3. The van der Waals surface area contributed by atoms with Crippen LogP contribution in [0.25, 0.3) is 0 Å². The third-order valence-electron chi connectivity index (χ3n) is 2.04. The second-order valence-electron chi connectivity index (χ2n) is 3.96. The van der Waals surface area contributed by atoms with E-state index >= 15 is 0 Å². The van der Waals surface area contributed by atoms with Gasteiger partial charge in [-0.05, 0) is 22.9 Å². The van der Waals surface area contributed by atoms with Gasteiger partial charge in [0, 0.05) is 12.6 Å². The molecule has 1 aromatic heterocycles. The molecule has 0 saturated heterocycles. The molecule has 0 unspecified atom stereocenters. The molecular weight excluding hydrogens is 354 g/mol. The Kier molecular flexibility index (Phi) is 5.93. The Labute approximate surface area is 124 Å². The summed E-state index contributed by atoms with van der Waals surface area (Å²) in [5.41, 5.74) is 0.830. The molecule has 1 heterocycles. The van der Waals surface area contributed by atoms with Crippen LogP contribution in [0.3, 0.4) is 0 Å². The number of sulfonamides is 1. The van der Waals surface area contributed by atoms with E-state index in [0.717, 1.165) is 11.6 Å². The monoisotopic (exact) mass is 367 g/mol. The molecule has 0 atom stereocenters. The van der Waals surface area contributed by atoms with Gasteiger partial charge < -0.3 is 14.3 Å². The molecule has 7 nitrogen and oxygen atoms in total. The summed E-state index contributed by atoms with van der Waals surface area (Å²) in [5, 5.41) is 8.73. The van der Waals surface area contributed by atoms with Crippen molar-refractivity contribution in [1.29, 1.82) is 0 Å². The van der Waals surface area contributed by atoms with Gasteiger partial charge in [0.2, 0.25) is 15.8 Å². The summed E-state index contributed by atoms with van der Waals surface area (Å²) in [5.74, 6) is -1.81. The van der Waals surface area contributed by atoms with Gasteiger partial charge >= 0.3 is 5.97 Å². The van der Waals surface area contributed by atoms with Crippen molar-refractivity contribution in [2.45, 2.75) is 11.8 Å². The fraction of sp³-hybridized carbons (Fsp3) is 0.364. The topological polar surface area (TPSA) is 106 Å². The lowest BCUT2D eigenvalue weighted by Crippen LogP contribution is -2.27. The van der Waals surface area contributed by atoms with Crippen molar-refractivity contribution in [1.82, 2.24) is 4.72 Å². The predicted molar refractivity (Wildman–Crippen MR) is 74.2 cm³/mol. The van der Waals surface area contributed by atoms with Crippen LogP contribution in [0.4, 0.5) is 0 Å². The molecule has 0 aliphatic rings. The van der Waals surface area contributed by atoms with Crippen LogP contribution in [-0.2, 0) is 14.8 Å². The molecule has 0 aliphatic carbocycles. The van der Waals surface area contributed by atoms with Crippen LogP contribution in [0.15, 0.2) is 32.2 Å². The second kappa shape index (κ2) is 7.02. The number of halogens is 1. The van der Waals surface area contributed by atoms with Crippen molar-refractivity contribution in [3.05, 3.63) is 28.6 Å². The summed E-state index contributed by atoms with van der Waals surface area (Å²) in [6, 6.07) is 0.934. The molecule has 2 N–H and O–H groups in total. The van der Waals surface area contributed by atoms with Gasteiger partial charge in [-0.1, -0.05) is 12.2 Å². The minimum Gasteiger partial charge on any atom is -0.475 e. The van der Waals surface area contributed by atoms with Gasteiger partial charge in [-0.2, -0.15) is 0 Å². The van der Waals surface area contributed by atoms with E-state index in [4.69, 9.17) is 14.3 Å². The highest BCUT2D eigenvalue weighted by Gasteiger charge is 2.24. The van der Waals surface area contributed by atoms with E-state index in [-0.39, 0.29) is 22.7 Å². The first-order chi connectivity index (χ1) is 9.24. The third-order valence-corrected chi connectivity index (χ3v) is 4.36. The standard InChI is InChI=1S/C11H14BrNO6S/c1-7(2)6-18-4-3-13-20(16,17)9-5-8(11(14)15)19-10(9)12/h5,13H,1,3-4,6H2,2H3,(H,14,15). The van der Waals surface area contributed by atoms with Gasteiger partial charge in [-0.25, -0.2) is 17.9 Å². The zero-order valence-electron chi connectivity index (χ0n) is 10.7. The van der Waals surface area contributed by atoms with Crippen molar-refractivity contribution in [2.24, 2.45) is 0 Å². The SMILES string of the molecule is C=C(C)COCCNS(=O)(=O)c1cc(C(=O)O)oc1Br. The molecule has 112 valence electrons. The van der Waals surface area contributed by atoms with Gasteiger partial charge in [-0.3, -0.25) is 0 Å². The Hall–Kier alpha value is -1.16. The van der Waals surface area contributed by atoms with E-state index in [1.807, 2.05) is 0 Å². The Bertz CT molecular complexity index is 606. The van der Waals surface area contributed by atoms with E-state index in [1.165, 1.54) is 0 Å². The van der Waals surface area contributed by atoms with Crippen LogP contribution < -0.4 is 4.72 Å². The van der Waals surface area contributed by atoms with Gasteiger partial charge in [0.25, 0.3) is 0 Å². The highest BCUT2D eigenvalue weighted by molar-refractivity contribution is 9.10. The molecular formula is C11H14BrNO6S. The van der Waals surface area contributed by atoms with E-state index in [1.54, 1.807) is 6.92 Å². The number of rotatable bonds is 8. The summed E-state index contributed by atoms with van der Waals surface area (Å²) < 4.78 is 35.9. The summed E-state index contributed by atoms with van der Waals surface area (Å²) in [4.78, 5) is 10.4. The molecule has 0 saturated carbocycles. The Morgan fingerprint density at radius 2 is 2.25 bits per heavy atom. The van der Waals surface area contributed by atoms with E-state index in [9.17, 15) is 13.2 Å². The number of ether oxygens (including phenoxy) is 1. The van der Waals surface area contributed by atoms with Crippen LogP contribution in [-0.4, -0.2) is 39.3 Å². The average molecular weight is 368 g/mol. The molecule has 0 radical (unpaired) electrons. The molecule has 1 rings (SSSR count). The lowest BCUT2D eigenvalue weighted by Gasteiger charge is -2.06. The van der Waals surface area contributed by atoms with Crippen LogP contribution in [0.2, 0.25) is 0 Å². The first-order valence-electron chi connectivity index (χ1n) is 5.48. The summed E-state index contributed by atoms with van der Waals surface area (Å²) in [6.45, 7) is 6.01. The molecule has 0 spiro atoms. The molecule has 0 aliphatic heterocycles. The minimum absolute atomic E-state index is 0.0512. The number of carbonyl (C=O) groups is 1. The van der Waals surface area contributed by atoms with Gasteiger partial charge in [0.05, 0.1) is 13.2 Å². The summed E-state index contributed by atoms with van der Waals surface area (Å²) >= 11 is 2.87. The molecule has 1 aromatic rings. The number of hydrogen-bond acceptors (Lipinski definition) is 5.